The van der Waals surface area contributed by atoms with Crippen LogP contribution in [0, 0.1) is 0 Å². The van der Waals surface area contributed by atoms with Crippen LogP contribution in [0.3, 0.4) is 0 Å². The van der Waals surface area contributed by atoms with Crippen molar-refractivity contribution in [2.24, 2.45) is 0 Å². The lowest BCUT2D eigenvalue weighted by atomic mass is 10.0. The zero-order chi connectivity index (χ0) is 20.6. The maximum atomic E-state index is 13.2. The molecule has 0 fully saturated rings. The van der Waals surface area contributed by atoms with Crippen molar-refractivity contribution in [1.82, 2.24) is 5.32 Å². The predicted octanol–water partition coefficient (Wildman–Crippen LogP) is 2.51. The quantitative estimate of drug-likeness (QED) is 0.665. The Kier molecular flexibility index (Phi) is 4.79. The Morgan fingerprint density at radius 1 is 1.03 bits per heavy atom. The van der Waals surface area contributed by atoms with E-state index in [-0.39, 0.29) is 27.5 Å². The lowest BCUT2D eigenvalue weighted by Gasteiger charge is -2.15. The van der Waals surface area contributed by atoms with Gasteiger partial charge < -0.3 is 9.73 Å². The van der Waals surface area contributed by atoms with E-state index < -0.39 is 36.6 Å². The lowest BCUT2D eigenvalue weighted by molar-refractivity contribution is 0.0947. The smallest absolute Gasteiger partial charge is 0.252 e. The van der Waals surface area contributed by atoms with Gasteiger partial charge in [-0.05, 0) is 36.4 Å². The van der Waals surface area contributed by atoms with E-state index in [1.807, 2.05) is 0 Å². The minimum Gasteiger partial charge on any atom is -0.467 e. The second-order valence-electron chi connectivity index (χ2n) is 6.61. The number of amides is 1. The van der Waals surface area contributed by atoms with E-state index >= 15 is 0 Å². The first-order valence-corrected chi connectivity index (χ1v) is 12.0. The van der Waals surface area contributed by atoms with Gasteiger partial charge in [-0.25, -0.2) is 16.8 Å². The normalized spacial score (nSPS) is 17.6. The Labute approximate surface area is 168 Å². The summed E-state index contributed by atoms with van der Waals surface area (Å²) in [6, 6.07) is 15.2. The molecule has 0 radical (unpaired) electrons. The van der Waals surface area contributed by atoms with Crippen molar-refractivity contribution in [3.63, 3.8) is 0 Å². The van der Waals surface area contributed by atoms with Crippen molar-refractivity contribution in [3.05, 3.63) is 83.8 Å². The number of nitrogens with one attached hydrogen (secondary N) is 1. The SMILES string of the molecule is O=C(NCc1ccco1)c1cccc2c1C(S(=O)(=O)c1ccccc1)CS2(=O)=O. The van der Waals surface area contributed by atoms with E-state index in [1.54, 1.807) is 30.3 Å². The second kappa shape index (κ2) is 7.16. The number of carbonyl (C=O) groups is 1. The zero-order valence-corrected chi connectivity index (χ0v) is 16.7. The molecule has 0 saturated carbocycles. The average Bonchev–Trinajstić information content (AvgIpc) is 3.33. The van der Waals surface area contributed by atoms with E-state index in [4.69, 9.17) is 4.42 Å². The highest BCUT2D eigenvalue weighted by Gasteiger charge is 2.45. The van der Waals surface area contributed by atoms with Gasteiger partial charge in [0.05, 0.1) is 28.4 Å². The summed E-state index contributed by atoms with van der Waals surface area (Å²) in [5.74, 6) is -0.641. The third-order valence-electron chi connectivity index (χ3n) is 4.79. The molecule has 4 rings (SSSR count). The Morgan fingerprint density at radius 3 is 2.48 bits per heavy atom. The van der Waals surface area contributed by atoms with Gasteiger partial charge in [-0.1, -0.05) is 24.3 Å². The molecule has 2 heterocycles. The maximum absolute atomic E-state index is 13.2. The van der Waals surface area contributed by atoms with Crippen molar-refractivity contribution in [2.75, 3.05) is 5.75 Å². The molecular weight excluding hydrogens is 414 g/mol. The first kappa shape index (κ1) is 19.4. The van der Waals surface area contributed by atoms with Crippen LogP contribution < -0.4 is 5.32 Å². The van der Waals surface area contributed by atoms with Crippen LogP contribution in [0.5, 0.6) is 0 Å². The largest absolute Gasteiger partial charge is 0.467 e. The van der Waals surface area contributed by atoms with E-state index in [0.29, 0.717) is 5.76 Å². The molecule has 1 amide bonds. The Balaban J connectivity index is 1.78. The summed E-state index contributed by atoms with van der Waals surface area (Å²) in [7, 11) is -7.85. The number of furan rings is 1. The van der Waals surface area contributed by atoms with Crippen molar-refractivity contribution < 1.29 is 26.0 Å². The minimum absolute atomic E-state index is 0.0128. The molecule has 1 atom stereocenters. The number of hydrogen-bond donors (Lipinski definition) is 1. The fraction of sp³-hybridized carbons (Fsp3) is 0.150. The lowest BCUT2D eigenvalue weighted by Crippen LogP contribution is -2.25. The molecule has 29 heavy (non-hydrogen) atoms. The maximum Gasteiger partial charge on any atom is 0.252 e. The van der Waals surface area contributed by atoms with Gasteiger partial charge in [-0.3, -0.25) is 4.79 Å². The molecule has 0 saturated heterocycles. The van der Waals surface area contributed by atoms with E-state index in [2.05, 4.69) is 5.32 Å². The highest BCUT2D eigenvalue weighted by Crippen LogP contribution is 2.42. The molecular formula is C20H17NO6S2. The Hall–Kier alpha value is -2.91. The van der Waals surface area contributed by atoms with Crippen molar-refractivity contribution in [3.8, 4) is 0 Å². The molecule has 0 bridgehead atoms. The molecule has 1 unspecified atom stereocenters. The standard InChI is InChI=1S/C20H17NO6S2/c22-20(21-12-14-6-5-11-27-14)16-9-4-10-17-19(16)18(13-28(17,23)24)29(25,26)15-7-2-1-3-8-15/h1-11,18H,12-13H2,(H,21,22). The monoisotopic (exact) mass is 431 g/mol. The molecule has 3 aromatic rings. The average molecular weight is 431 g/mol. The molecule has 9 heteroatoms. The summed E-state index contributed by atoms with van der Waals surface area (Å²) in [5.41, 5.74) is 0.0490. The topological polar surface area (TPSA) is 111 Å². The summed E-state index contributed by atoms with van der Waals surface area (Å²) >= 11 is 0. The summed E-state index contributed by atoms with van der Waals surface area (Å²) in [5, 5.41) is 1.30. The van der Waals surface area contributed by atoms with Gasteiger partial charge in [0.15, 0.2) is 19.7 Å². The van der Waals surface area contributed by atoms with Crippen LogP contribution in [0.15, 0.2) is 81.1 Å². The van der Waals surface area contributed by atoms with Gasteiger partial charge in [0.25, 0.3) is 5.91 Å². The number of rotatable bonds is 5. The molecule has 1 aromatic heterocycles. The van der Waals surface area contributed by atoms with Gasteiger partial charge in [-0.2, -0.15) is 0 Å². The Morgan fingerprint density at radius 2 is 1.79 bits per heavy atom. The third kappa shape index (κ3) is 3.47. The van der Waals surface area contributed by atoms with Gasteiger partial charge in [0.1, 0.15) is 11.0 Å². The second-order valence-corrected chi connectivity index (χ2v) is 10.7. The van der Waals surface area contributed by atoms with Crippen LogP contribution in [0.2, 0.25) is 0 Å². The fourth-order valence-electron chi connectivity index (χ4n) is 3.41. The number of sulfone groups is 2. The van der Waals surface area contributed by atoms with E-state index in [0.717, 1.165) is 0 Å². The van der Waals surface area contributed by atoms with Gasteiger partial charge in [0, 0.05) is 11.1 Å². The summed E-state index contributed by atoms with van der Waals surface area (Å²) < 4.78 is 56.9. The predicted molar refractivity (Wildman–Crippen MR) is 105 cm³/mol. The van der Waals surface area contributed by atoms with Crippen molar-refractivity contribution in [2.45, 2.75) is 21.6 Å². The van der Waals surface area contributed by atoms with Crippen LogP contribution in [-0.2, 0) is 26.2 Å². The molecule has 1 N–H and O–H groups in total. The molecule has 0 aliphatic carbocycles. The molecule has 0 spiro atoms. The third-order valence-corrected chi connectivity index (χ3v) is 8.88. The fourth-order valence-corrected chi connectivity index (χ4v) is 7.79. The summed E-state index contributed by atoms with van der Waals surface area (Å²) in [6.07, 6.45) is 1.47. The van der Waals surface area contributed by atoms with Crippen LogP contribution in [0.1, 0.15) is 26.9 Å². The van der Waals surface area contributed by atoms with Crippen LogP contribution in [0.4, 0.5) is 0 Å². The first-order valence-electron chi connectivity index (χ1n) is 8.76. The van der Waals surface area contributed by atoms with Crippen molar-refractivity contribution in [1.29, 1.82) is 0 Å². The Bertz CT molecular complexity index is 1260. The summed E-state index contributed by atoms with van der Waals surface area (Å²) in [4.78, 5) is 12.7. The highest BCUT2D eigenvalue weighted by atomic mass is 32.2. The van der Waals surface area contributed by atoms with Crippen molar-refractivity contribution >= 4 is 25.6 Å². The molecule has 150 valence electrons. The van der Waals surface area contributed by atoms with E-state index in [1.165, 1.54) is 36.6 Å². The number of fused-ring (bicyclic) bond motifs is 1. The van der Waals surface area contributed by atoms with Crippen LogP contribution >= 0.6 is 0 Å². The number of benzene rings is 2. The molecule has 2 aromatic carbocycles. The highest BCUT2D eigenvalue weighted by molar-refractivity contribution is 7.96. The first-order chi connectivity index (χ1) is 13.8. The van der Waals surface area contributed by atoms with Gasteiger partial charge >= 0.3 is 0 Å². The van der Waals surface area contributed by atoms with Gasteiger partial charge in [0.2, 0.25) is 0 Å². The van der Waals surface area contributed by atoms with E-state index in [9.17, 15) is 21.6 Å². The van der Waals surface area contributed by atoms with Gasteiger partial charge in [-0.15, -0.1) is 0 Å². The zero-order valence-electron chi connectivity index (χ0n) is 15.1. The molecule has 1 aliphatic rings. The molecule has 7 nitrogen and oxygen atoms in total. The number of carbonyl (C=O) groups excluding carboxylic acids is 1. The van der Waals surface area contributed by atoms with Crippen LogP contribution in [-0.4, -0.2) is 28.5 Å². The number of hydrogen-bond acceptors (Lipinski definition) is 6. The molecule has 1 aliphatic heterocycles. The minimum atomic E-state index is -4.02. The summed E-state index contributed by atoms with van der Waals surface area (Å²) in [6.45, 7) is 0.0956. The van der Waals surface area contributed by atoms with Crippen LogP contribution in [0.25, 0.3) is 0 Å².